The van der Waals surface area contributed by atoms with E-state index in [2.05, 4.69) is 68.9 Å². The van der Waals surface area contributed by atoms with Gasteiger partial charge in [-0.05, 0) is 37.6 Å². The fourth-order valence-corrected chi connectivity index (χ4v) is 5.66. The van der Waals surface area contributed by atoms with Crippen molar-refractivity contribution in [1.82, 2.24) is 25.4 Å². The minimum Gasteiger partial charge on any atom is -0.372 e. The van der Waals surface area contributed by atoms with Gasteiger partial charge in [-0.25, -0.2) is 25.4 Å². The predicted octanol–water partition coefficient (Wildman–Crippen LogP) is 3.66. The molecular weight excluding hydrogens is 516 g/mol. The minimum absolute atomic E-state index is 0.0367. The van der Waals surface area contributed by atoms with Gasteiger partial charge in [0.1, 0.15) is 6.10 Å². The number of carbonyl (C=O) groups excluding carboxylic acids is 1. The van der Waals surface area contributed by atoms with Crippen molar-refractivity contribution in [2.45, 2.75) is 26.5 Å². The summed E-state index contributed by atoms with van der Waals surface area (Å²) in [6, 6.07) is 10.7. The molecule has 1 unspecified atom stereocenters. The molecule has 2 N–H and O–H groups in total. The van der Waals surface area contributed by atoms with Crippen LogP contribution >= 0.6 is 11.3 Å². The summed E-state index contributed by atoms with van der Waals surface area (Å²) in [5.41, 5.74) is 5.04. The molecule has 0 spiro atoms. The number of rotatable bonds is 9. The van der Waals surface area contributed by atoms with Crippen LogP contribution in [-0.4, -0.2) is 70.9 Å². The number of nitrogens with zero attached hydrogens (tertiary/aromatic N) is 7. The van der Waals surface area contributed by atoms with Gasteiger partial charge < -0.3 is 19.4 Å². The van der Waals surface area contributed by atoms with E-state index in [1.54, 1.807) is 16.8 Å². The van der Waals surface area contributed by atoms with Gasteiger partial charge in [0, 0.05) is 49.6 Å². The Morgan fingerprint density at radius 1 is 1.15 bits per heavy atom. The Morgan fingerprint density at radius 3 is 2.59 bits per heavy atom. The van der Waals surface area contributed by atoms with E-state index in [1.807, 2.05) is 18.1 Å². The molecule has 39 heavy (non-hydrogen) atoms. The molecule has 204 valence electrons. The Bertz CT molecular complexity index is 1410. The van der Waals surface area contributed by atoms with Gasteiger partial charge in [-0.15, -0.1) is 11.3 Å². The fraction of sp³-hybridized carbons (Fsp3) is 0.370. The maximum absolute atomic E-state index is 11.5. The van der Waals surface area contributed by atoms with E-state index >= 15 is 0 Å². The number of carbonyl (C=O) groups is 1. The van der Waals surface area contributed by atoms with Crippen molar-refractivity contribution in [2.75, 3.05) is 54.5 Å². The molecule has 1 aliphatic heterocycles. The summed E-state index contributed by atoms with van der Waals surface area (Å²) in [7, 11) is 1.88. The molecule has 0 radical (unpaired) electrons. The second-order valence-corrected chi connectivity index (χ2v) is 10.4. The third-order valence-electron chi connectivity index (χ3n) is 6.79. The first-order valence-corrected chi connectivity index (χ1v) is 13.7. The van der Waals surface area contributed by atoms with Crippen molar-refractivity contribution in [2.24, 2.45) is 0 Å². The fourth-order valence-electron chi connectivity index (χ4n) is 4.64. The summed E-state index contributed by atoms with van der Waals surface area (Å²) >= 11 is 1.63. The van der Waals surface area contributed by atoms with Crippen LogP contribution in [0.25, 0.3) is 10.2 Å². The van der Waals surface area contributed by atoms with Crippen molar-refractivity contribution >= 4 is 45.0 Å². The van der Waals surface area contributed by atoms with Gasteiger partial charge in [-0.3, -0.25) is 10.0 Å². The molecule has 12 heteroatoms. The van der Waals surface area contributed by atoms with E-state index in [0.29, 0.717) is 31.6 Å². The van der Waals surface area contributed by atoms with Crippen LogP contribution in [0.1, 0.15) is 40.8 Å². The molecule has 4 aromatic rings. The van der Waals surface area contributed by atoms with E-state index in [1.165, 1.54) is 18.1 Å². The van der Waals surface area contributed by atoms with Crippen molar-refractivity contribution < 1.29 is 14.7 Å². The maximum atomic E-state index is 11.5. The van der Waals surface area contributed by atoms with Gasteiger partial charge in [0.25, 0.3) is 5.91 Å². The zero-order valence-corrected chi connectivity index (χ0v) is 23.1. The number of morpholine rings is 1. The van der Waals surface area contributed by atoms with E-state index in [4.69, 9.17) is 14.9 Å². The van der Waals surface area contributed by atoms with E-state index < -0.39 is 5.91 Å². The molecule has 4 heterocycles. The van der Waals surface area contributed by atoms with Gasteiger partial charge >= 0.3 is 0 Å². The predicted molar refractivity (Wildman–Crippen MR) is 152 cm³/mol. The highest BCUT2D eigenvalue weighted by Crippen LogP contribution is 2.30. The molecule has 0 bridgehead atoms. The first kappa shape index (κ1) is 26.7. The topological polar surface area (TPSA) is 120 Å². The van der Waals surface area contributed by atoms with Gasteiger partial charge in [0.05, 0.1) is 41.7 Å². The SMILES string of the molecule is CCN(CC)c1ccc(C2CN(c3ncc4sc(CN(C)c5ncc(C(=O)NO)cn5)cc4n3)CCO2)cc1. The lowest BCUT2D eigenvalue weighted by molar-refractivity contribution is 0.0392. The Labute approximate surface area is 231 Å². The molecule has 1 saturated heterocycles. The number of hydrogen-bond donors (Lipinski definition) is 2. The molecule has 3 aromatic heterocycles. The number of thiophene rings is 1. The number of aromatic nitrogens is 4. The summed E-state index contributed by atoms with van der Waals surface area (Å²) in [5, 5.41) is 8.75. The van der Waals surface area contributed by atoms with Crippen LogP contribution in [-0.2, 0) is 11.3 Å². The van der Waals surface area contributed by atoms with Gasteiger partial charge in [-0.2, -0.15) is 0 Å². The van der Waals surface area contributed by atoms with Crippen LogP contribution in [0.2, 0.25) is 0 Å². The van der Waals surface area contributed by atoms with Crippen LogP contribution < -0.4 is 20.2 Å². The largest absolute Gasteiger partial charge is 0.372 e. The normalized spacial score (nSPS) is 15.4. The molecule has 11 nitrogen and oxygen atoms in total. The van der Waals surface area contributed by atoms with Gasteiger partial charge in [0.15, 0.2) is 0 Å². The highest BCUT2D eigenvalue weighted by Gasteiger charge is 2.24. The average Bonchev–Trinajstić information content (AvgIpc) is 3.39. The molecule has 1 fully saturated rings. The third kappa shape index (κ3) is 5.92. The highest BCUT2D eigenvalue weighted by atomic mass is 32.1. The monoisotopic (exact) mass is 548 g/mol. The van der Waals surface area contributed by atoms with Gasteiger partial charge in [-0.1, -0.05) is 12.1 Å². The van der Waals surface area contributed by atoms with Crippen LogP contribution in [0.15, 0.2) is 48.9 Å². The molecule has 1 aromatic carbocycles. The Morgan fingerprint density at radius 2 is 1.90 bits per heavy atom. The number of anilines is 3. The minimum atomic E-state index is -0.650. The zero-order valence-electron chi connectivity index (χ0n) is 22.2. The molecular formula is C27H32N8O3S. The summed E-state index contributed by atoms with van der Waals surface area (Å²) in [5.74, 6) is 0.524. The van der Waals surface area contributed by atoms with Crippen molar-refractivity contribution in [3.63, 3.8) is 0 Å². The van der Waals surface area contributed by atoms with E-state index in [-0.39, 0.29) is 11.7 Å². The van der Waals surface area contributed by atoms with Crippen LogP contribution in [0, 0.1) is 0 Å². The second-order valence-electron chi connectivity index (χ2n) is 9.27. The quantitative estimate of drug-likeness (QED) is 0.237. The number of benzene rings is 1. The lowest BCUT2D eigenvalue weighted by Crippen LogP contribution is -2.39. The first-order chi connectivity index (χ1) is 19.0. The van der Waals surface area contributed by atoms with Crippen LogP contribution in [0.5, 0.6) is 0 Å². The van der Waals surface area contributed by atoms with Crippen molar-refractivity contribution in [1.29, 1.82) is 0 Å². The molecule has 1 atom stereocenters. The summed E-state index contributed by atoms with van der Waals surface area (Å²) < 4.78 is 7.12. The number of ether oxygens (including phenoxy) is 1. The first-order valence-electron chi connectivity index (χ1n) is 12.9. The second kappa shape index (κ2) is 11.9. The highest BCUT2D eigenvalue weighted by molar-refractivity contribution is 7.19. The van der Waals surface area contributed by atoms with Crippen LogP contribution in [0.3, 0.4) is 0 Å². The maximum Gasteiger partial charge on any atom is 0.277 e. The zero-order chi connectivity index (χ0) is 27.4. The Balaban J connectivity index is 1.26. The summed E-state index contributed by atoms with van der Waals surface area (Å²) in [6.07, 6.45) is 4.60. The molecule has 0 aliphatic carbocycles. The number of nitrogens with one attached hydrogen (secondary N) is 1. The number of fused-ring (bicyclic) bond motifs is 1. The standard InChI is InChI=1S/C27H32N8O3S/c1-4-34(5-2)20-8-6-18(7-9-20)23-17-35(10-11-38-23)27-30-15-24-22(31-27)12-21(39-24)16-33(3)26-28-13-19(14-29-26)25(36)32-37/h6-9,12-15,23,37H,4-5,10-11,16-17H2,1-3H3,(H,32,36). The Hall–Kier alpha value is -3.87. The number of hydrogen-bond acceptors (Lipinski definition) is 11. The number of hydroxylamine groups is 1. The number of amides is 1. The van der Waals surface area contributed by atoms with E-state index in [0.717, 1.165) is 40.3 Å². The van der Waals surface area contributed by atoms with Gasteiger partial charge in [0.2, 0.25) is 11.9 Å². The van der Waals surface area contributed by atoms with E-state index in [9.17, 15) is 4.79 Å². The molecule has 5 rings (SSSR count). The lowest BCUT2D eigenvalue weighted by Gasteiger charge is -2.33. The summed E-state index contributed by atoms with van der Waals surface area (Å²) in [6.45, 7) is 8.92. The third-order valence-corrected chi connectivity index (χ3v) is 7.83. The molecule has 0 saturated carbocycles. The molecule has 1 amide bonds. The summed E-state index contributed by atoms with van der Waals surface area (Å²) in [4.78, 5) is 37.0. The van der Waals surface area contributed by atoms with Crippen LogP contribution in [0.4, 0.5) is 17.6 Å². The van der Waals surface area contributed by atoms with Crippen molar-refractivity contribution in [3.8, 4) is 0 Å². The lowest BCUT2D eigenvalue weighted by atomic mass is 10.1. The van der Waals surface area contributed by atoms with Crippen molar-refractivity contribution in [3.05, 3.63) is 64.9 Å². The smallest absolute Gasteiger partial charge is 0.277 e. The average molecular weight is 549 g/mol. The Kier molecular flexibility index (Phi) is 8.15. The molecule has 1 aliphatic rings.